The highest BCUT2D eigenvalue weighted by atomic mass is 16.5. The van der Waals surface area contributed by atoms with Gasteiger partial charge < -0.3 is 10.5 Å². The summed E-state index contributed by atoms with van der Waals surface area (Å²) in [6, 6.07) is 3.45. The molecule has 0 aliphatic heterocycles. The molecule has 0 radical (unpaired) electrons. The van der Waals surface area contributed by atoms with Gasteiger partial charge >= 0.3 is 0 Å². The highest BCUT2D eigenvalue weighted by Gasteiger charge is 2.16. The Morgan fingerprint density at radius 2 is 2.00 bits per heavy atom. The molecule has 0 spiro atoms. The summed E-state index contributed by atoms with van der Waals surface area (Å²) in [6.45, 7) is 3.99. The molecular weight excluding hydrogens is 218 g/mol. The first-order chi connectivity index (χ1) is 7.99. The topological polar surface area (TPSA) is 90.4 Å². The lowest BCUT2D eigenvalue weighted by Crippen LogP contribution is -2.32. The van der Waals surface area contributed by atoms with Crippen LogP contribution in [0.1, 0.15) is 29.2 Å². The Morgan fingerprint density at radius 1 is 1.41 bits per heavy atom. The molecule has 1 aromatic rings. The molecule has 0 saturated heterocycles. The van der Waals surface area contributed by atoms with Gasteiger partial charge in [-0.1, -0.05) is 6.07 Å². The number of hydrazine groups is 1. The van der Waals surface area contributed by atoms with Gasteiger partial charge in [-0.25, -0.2) is 5.84 Å². The first-order valence-corrected chi connectivity index (χ1v) is 5.39. The third kappa shape index (κ3) is 3.18. The second-order valence-corrected chi connectivity index (χ2v) is 4.06. The Labute approximate surface area is 101 Å². The molecule has 5 N–H and O–H groups in total. The second kappa shape index (κ2) is 5.65. The zero-order valence-corrected chi connectivity index (χ0v) is 10.4. The zero-order valence-electron chi connectivity index (χ0n) is 10.4. The van der Waals surface area contributed by atoms with Crippen LogP contribution in [0.4, 0.5) is 0 Å². The lowest BCUT2D eigenvalue weighted by molar-refractivity contribution is -0.121. The fraction of sp³-hybridized carbons (Fsp3) is 0.417. The highest BCUT2D eigenvalue weighted by Crippen LogP contribution is 2.28. The van der Waals surface area contributed by atoms with Crippen molar-refractivity contribution >= 4 is 5.91 Å². The van der Waals surface area contributed by atoms with Crippen LogP contribution in [0.2, 0.25) is 0 Å². The molecule has 0 bridgehead atoms. The van der Waals surface area contributed by atoms with E-state index < -0.39 is 6.04 Å². The molecule has 0 aliphatic carbocycles. The summed E-state index contributed by atoms with van der Waals surface area (Å²) in [5.74, 6) is 5.44. The molecule has 1 atom stereocenters. The Balaban J connectivity index is 3.03. The number of methoxy groups -OCH3 is 1. The third-order valence-electron chi connectivity index (χ3n) is 2.81. The van der Waals surface area contributed by atoms with Gasteiger partial charge in [0.1, 0.15) is 5.75 Å². The van der Waals surface area contributed by atoms with Crippen molar-refractivity contribution < 1.29 is 9.53 Å². The van der Waals surface area contributed by atoms with Crippen molar-refractivity contribution in [2.45, 2.75) is 26.3 Å². The molecule has 94 valence electrons. The number of hydrogen-bond acceptors (Lipinski definition) is 4. The maximum absolute atomic E-state index is 11.2. The lowest BCUT2D eigenvalue weighted by atomic mass is 9.98. The number of ether oxygens (including phenoxy) is 1. The van der Waals surface area contributed by atoms with Crippen LogP contribution >= 0.6 is 0 Å². The molecule has 5 heteroatoms. The standard InChI is InChI=1S/C12H19N3O2/c1-7-4-9(10(13)6-12(16)15-14)11(17-3)5-8(7)2/h4-5,10H,6,13-14H2,1-3H3,(H,15,16). The summed E-state index contributed by atoms with van der Waals surface area (Å²) in [6.07, 6.45) is 0.134. The molecule has 1 aromatic carbocycles. The number of rotatable bonds is 4. The number of benzene rings is 1. The number of carbonyl (C=O) groups is 1. The van der Waals surface area contributed by atoms with Gasteiger partial charge in [0, 0.05) is 18.0 Å². The molecule has 0 aromatic heterocycles. The fourth-order valence-corrected chi connectivity index (χ4v) is 1.65. The Kier molecular flexibility index (Phi) is 4.48. The SMILES string of the molecule is COc1cc(C)c(C)cc1C(N)CC(=O)NN. The van der Waals surface area contributed by atoms with Crippen molar-refractivity contribution in [3.63, 3.8) is 0 Å². The average molecular weight is 237 g/mol. The molecule has 1 amide bonds. The molecule has 1 rings (SSSR count). The van der Waals surface area contributed by atoms with Gasteiger partial charge in [0.2, 0.25) is 5.91 Å². The lowest BCUT2D eigenvalue weighted by Gasteiger charge is -2.17. The minimum atomic E-state index is -0.423. The van der Waals surface area contributed by atoms with Gasteiger partial charge in [0.25, 0.3) is 0 Å². The molecule has 0 fully saturated rings. The maximum atomic E-state index is 11.2. The predicted molar refractivity (Wildman–Crippen MR) is 66.3 cm³/mol. The van der Waals surface area contributed by atoms with Crippen LogP contribution in [0.15, 0.2) is 12.1 Å². The first kappa shape index (κ1) is 13.5. The van der Waals surface area contributed by atoms with Crippen molar-refractivity contribution in [1.29, 1.82) is 0 Å². The van der Waals surface area contributed by atoms with Crippen LogP contribution in [0.3, 0.4) is 0 Å². The van der Waals surface area contributed by atoms with Crippen LogP contribution in [0, 0.1) is 13.8 Å². The molecule has 1 unspecified atom stereocenters. The van der Waals surface area contributed by atoms with Crippen molar-refractivity contribution in [2.75, 3.05) is 7.11 Å². The van der Waals surface area contributed by atoms with E-state index in [1.54, 1.807) is 7.11 Å². The summed E-state index contributed by atoms with van der Waals surface area (Å²) < 4.78 is 5.27. The number of aryl methyl sites for hydroxylation is 2. The number of amides is 1. The average Bonchev–Trinajstić information content (AvgIpc) is 2.31. The minimum Gasteiger partial charge on any atom is -0.496 e. The highest BCUT2D eigenvalue weighted by molar-refractivity contribution is 5.76. The molecular formula is C12H19N3O2. The monoisotopic (exact) mass is 237 g/mol. The quantitative estimate of drug-likeness (QED) is 0.408. The van der Waals surface area contributed by atoms with Crippen molar-refractivity contribution in [2.24, 2.45) is 11.6 Å². The van der Waals surface area contributed by atoms with Crippen LogP contribution in [-0.2, 0) is 4.79 Å². The largest absolute Gasteiger partial charge is 0.496 e. The summed E-state index contributed by atoms with van der Waals surface area (Å²) in [4.78, 5) is 11.2. The van der Waals surface area contributed by atoms with E-state index in [-0.39, 0.29) is 12.3 Å². The Hall–Kier alpha value is -1.59. The smallest absolute Gasteiger partial charge is 0.235 e. The van der Waals surface area contributed by atoms with E-state index in [4.69, 9.17) is 16.3 Å². The molecule has 17 heavy (non-hydrogen) atoms. The predicted octanol–water partition coefficient (Wildman–Crippen LogP) is 0.692. The molecule has 0 heterocycles. The van der Waals surface area contributed by atoms with Gasteiger partial charge in [-0.3, -0.25) is 10.2 Å². The van der Waals surface area contributed by atoms with Gasteiger partial charge in [0.05, 0.1) is 7.11 Å². The number of nitrogens with one attached hydrogen (secondary N) is 1. The van der Waals surface area contributed by atoms with Crippen molar-refractivity contribution in [1.82, 2.24) is 5.43 Å². The van der Waals surface area contributed by atoms with Gasteiger partial charge in [-0.15, -0.1) is 0 Å². The van der Waals surface area contributed by atoms with E-state index >= 15 is 0 Å². The number of nitrogens with two attached hydrogens (primary N) is 2. The fourth-order valence-electron chi connectivity index (χ4n) is 1.65. The summed E-state index contributed by atoms with van der Waals surface area (Å²) in [5, 5.41) is 0. The maximum Gasteiger partial charge on any atom is 0.235 e. The van der Waals surface area contributed by atoms with E-state index in [2.05, 4.69) is 5.43 Å². The van der Waals surface area contributed by atoms with Crippen LogP contribution < -0.4 is 21.7 Å². The number of carbonyl (C=O) groups excluding carboxylic acids is 1. The van der Waals surface area contributed by atoms with Crippen molar-refractivity contribution in [3.05, 3.63) is 28.8 Å². The van der Waals surface area contributed by atoms with Crippen LogP contribution in [0.5, 0.6) is 5.75 Å². The van der Waals surface area contributed by atoms with E-state index in [1.807, 2.05) is 26.0 Å². The first-order valence-electron chi connectivity index (χ1n) is 5.39. The third-order valence-corrected chi connectivity index (χ3v) is 2.81. The second-order valence-electron chi connectivity index (χ2n) is 4.06. The molecule has 0 saturated carbocycles. The Bertz CT molecular complexity index is 418. The van der Waals surface area contributed by atoms with Crippen LogP contribution in [0.25, 0.3) is 0 Å². The zero-order chi connectivity index (χ0) is 13.0. The Morgan fingerprint density at radius 3 is 2.53 bits per heavy atom. The van der Waals surface area contributed by atoms with Gasteiger partial charge in [-0.2, -0.15) is 0 Å². The van der Waals surface area contributed by atoms with E-state index in [0.29, 0.717) is 5.75 Å². The van der Waals surface area contributed by atoms with Gasteiger partial charge in [0.15, 0.2) is 0 Å². The summed E-state index contributed by atoms with van der Waals surface area (Å²) in [5.41, 5.74) is 11.1. The van der Waals surface area contributed by atoms with Crippen LogP contribution in [-0.4, -0.2) is 13.0 Å². The molecule has 0 aliphatic rings. The molecule has 5 nitrogen and oxygen atoms in total. The van der Waals surface area contributed by atoms with E-state index in [0.717, 1.165) is 16.7 Å². The summed E-state index contributed by atoms with van der Waals surface area (Å²) >= 11 is 0. The summed E-state index contributed by atoms with van der Waals surface area (Å²) in [7, 11) is 1.59. The van der Waals surface area contributed by atoms with E-state index in [1.165, 1.54) is 0 Å². The number of hydrogen-bond donors (Lipinski definition) is 3. The van der Waals surface area contributed by atoms with Gasteiger partial charge in [-0.05, 0) is 31.0 Å². The minimum absolute atomic E-state index is 0.134. The normalized spacial score (nSPS) is 12.1. The van der Waals surface area contributed by atoms with E-state index in [9.17, 15) is 4.79 Å². The van der Waals surface area contributed by atoms with Crippen molar-refractivity contribution in [3.8, 4) is 5.75 Å².